The second-order valence-electron chi connectivity index (χ2n) is 13.3. The van der Waals surface area contributed by atoms with Gasteiger partial charge in [-0.3, -0.25) is 23.9 Å². The van der Waals surface area contributed by atoms with Crippen LogP contribution in [0.25, 0.3) is 6.08 Å². The lowest BCUT2D eigenvalue weighted by Gasteiger charge is -2.37. The summed E-state index contributed by atoms with van der Waals surface area (Å²) in [6.45, 7) is 0.0610. The zero-order valence-electron chi connectivity index (χ0n) is 31.4. The molecule has 1 aliphatic rings. The van der Waals surface area contributed by atoms with E-state index in [1.807, 2.05) is 84.2 Å². The molecule has 0 aliphatic carbocycles. The highest BCUT2D eigenvalue weighted by molar-refractivity contribution is 5.91. The summed E-state index contributed by atoms with van der Waals surface area (Å²) < 4.78 is 61.8. The van der Waals surface area contributed by atoms with Gasteiger partial charge in [0, 0.05) is 31.8 Å². The molecule has 0 saturated carbocycles. The van der Waals surface area contributed by atoms with Crippen molar-refractivity contribution in [1.29, 1.82) is 0 Å². The van der Waals surface area contributed by atoms with E-state index >= 15 is 0 Å². The number of unbranched alkanes of at least 4 members (excludes halogenated alkanes) is 3. The number of carbonyl (C=O) groups excluding carboxylic acids is 2. The summed E-state index contributed by atoms with van der Waals surface area (Å²) in [5, 5.41) is 15.7. The number of methoxy groups -OCH3 is 2. The van der Waals surface area contributed by atoms with Gasteiger partial charge in [-0.25, -0.2) is 4.79 Å². The summed E-state index contributed by atoms with van der Waals surface area (Å²) in [4.78, 5) is 51.1. The first-order valence-corrected chi connectivity index (χ1v) is 18.3. The predicted molar refractivity (Wildman–Crippen MR) is 204 cm³/mol. The Balaban J connectivity index is 1.25. The number of carbonyl (C=O) groups is 2. The van der Waals surface area contributed by atoms with Crippen molar-refractivity contribution in [3.63, 3.8) is 0 Å². The Morgan fingerprint density at radius 3 is 1.98 bits per heavy atom. The number of aliphatic hydroxyl groups excluding tert-OH is 1. The molecular formula is C41H45F3N4O9. The number of rotatable bonds is 18. The van der Waals surface area contributed by atoms with E-state index in [0.717, 1.165) is 27.3 Å². The zero-order valence-corrected chi connectivity index (χ0v) is 31.4. The van der Waals surface area contributed by atoms with Crippen LogP contribution in [0.1, 0.15) is 60.6 Å². The summed E-state index contributed by atoms with van der Waals surface area (Å²) in [5.41, 5.74) is -0.350. The standard InChI is InChI=1S/C41H45F3N4O9/c1-54-31-17-13-29(14-18-31)40(28-10-6-5-7-11-28,30-15-19-32(55-2)20-16-30)56-26-34-33(49)24-36(57-34)48-25-27(37(51)47-39(48)53)12-21-35(50)45-22-8-3-4-9-23-46-38(52)41(42,43)44/h5-7,10-21,25,33-34,36,49H,3-4,8-9,22-24,26H2,1-2H3,(H,45,50)(H,46,52)(H,47,51,53)/b21-12-/t33-,34+,36+/m0/s1. The summed E-state index contributed by atoms with van der Waals surface area (Å²) in [5.74, 6) is -1.18. The van der Waals surface area contributed by atoms with Gasteiger partial charge in [0.2, 0.25) is 5.91 Å². The fraction of sp³-hybridized carbons (Fsp3) is 0.366. The average molecular weight is 795 g/mol. The molecule has 1 aliphatic heterocycles. The molecule has 16 heteroatoms. The largest absolute Gasteiger partial charge is 0.497 e. The first kappa shape index (κ1) is 42.4. The Hall–Kier alpha value is -5.71. The zero-order chi connectivity index (χ0) is 41.0. The van der Waals surface area contributed by atoms with Gasteiger partial charge in [-0.2, -0.15) is 13.2 Å². The third-order valence-corrected chi connectivity index (χ3v) is 9.51. The molecule has 5 rings (SSSR count). The van der Waals surface area contributed by atoms with Crippen molar-refractivity contribution in [3.05, 3.63) is 134 Å². The Kier molecular flexibility index (Phi) is 14.5. The normalized spacial score (nSPS) is 17.1. The number of halogens is 3. The number of hydrogen-bond donors (Lipinski definition) is 4. The van der Waals surface area contributed by atoms with Gasteiger partial charge in [-0.1, -0.05) is 67.4 Å². The molecule has 2 amide bonds. The van der Waals surface area contributed by atoms with Gasteiger partial charge in [0.05, 0.1) is 32.5 Å². The van der Waals surface area contributed by atoms with Crippen LogP contribution < -0.4 is 31.4 Å². The van der Waals surface area contributed by atoms with Crippen molar-refractivity contribution in [2.24, 2.45) is 0 Å². The van der Waals surface area contributed by atoms with Crippen molar-refractivity contribution < 1.29 is 46.8 Å². The van der Waals surface area contributed by atoms with Gasteiger partial charge in [0.1, 0.15) is 29.4 Å². The Morgan fingerprint density at radius 1 is 0.860 bits per heavy atom. The van der Waals surface area contributed by atoms with Crippen LogP contribution in [0, 0.1) is 0 Å². The van der Waals surface area contributed by atoms with Crippen LogP contribution in [0.15, 0.2) is 101 Å². The van der Waals surface area contributed by atoms with E-state index < -0.39 is 53.3 Å². The van der Waals surface area contributed by atoms with E-state index in [2.05, 4.69) is 10.3 Å². The molecular weight excluding hydrogens is 749 g/mol. The van der Waals surface area contributed by atoms with Crippen molar-refractivity contribution in [2.45, 2.75) is 62.3 Å². The van der Waals surface area contributed by atoms with E-state index in [1.165, 1.54) is 12.3 Å². The number of aliphatic hydroxyl groups is 1. The number of aromatic amines is 1. The van der Waals surface area contributed by atoms with Gasteiger partial charge < -0.3 is 34.7 Å². The SMILES string of the molecule is COc1ccc(C(OC[C@H]2O[C@@H](n3cc(/C=C\C(=O)NCCCCCCNC(=O)C(F)(F)F)c(=O)[nH]c3=O)C[C@@H]2O)(c2ccccc2)c2ccc(OC)cc2)cc1. The van der Waals surface area contributed by atoms with Gasteiger partial charge in [-0.05, 0) is 59.9 Å². The molecule has 0 unspecified atom stereocenters. The maximum absolute atomic E-state index is 13.0. The molecule has 304 valence electrons. The van der Waals surface area contributed by atoms with Crippen LogP contribution in [0.2, 0.25) is 0 Å². The number of benzene rings is 3. The molecule has 1 aromatic heterocycles. The minimum atomic E-state index is -4.92. The number of hydrogen-bond acceptors (Lipinski definition) is 9. The van der Waals surface area contributed by atoms with Gasteiger partial charge in [0.25, 0.3) is 5.56 Å². The van der Waals surface area contributed by atoms with Crippen LogP contribution in [0.4, 0.5) is 13.2 Å². The molecule has 1 fully saturated rings. The maximum Gasteiger partial charge on any atom is 0.471 e. The first-order valence-electron chi connectivity index (χ1n) is 18.3. The van der Waals surface area contributed by atoms with Gasteiger partial charge in [-0.15, -0.1) is 0 Å². The number of alkyl halides is 3. The molecule has 1 saturated heterocycles. The third-order valence-electron chi connectivity index (χ3n) is 9.51. The highest BCUT2D eigenvalue weighted by Crippen LogP contribution is 2.42. The number of ether oxygens (including phenoxy) is 4. The minimum absolute atomic E-state index is 0.00171. The van der Waals surface area contributed by atoms with Crippen molar-refractivity contribution >= 4 is 17.9 Å². The quantitative estimate of drug-likeness (QED) is 0.0640. The number of amides is 2. The molecule has 4 N–H and O–H groups in total. The lowest BCUT2D eigenvalue weighted by Crippen LogP contribution is -2.38. The van der Waals surface area contributed by atoms with E-state index in [4.69, 9.17) is 18.9 Å². The van der Waals surface area contributed by atoms with Crippen LogP contribution in [-0.4, -0.2) is 78.8 Å². The molecule has 2 heterocycles. The van der Waals surface area contributed by atoms with E-state index in [0.29, 0.717) is 37.2 Å². The first-order chi connectivity index (χ1) is 27.3. The molecule has 0 spiro atoms. The van der Waals surface area contributed by atoms with E-state index in [-0.39, 0.29) is 31.7 Å². The Bertz CT molecular complexity index is 2040. The molecule has 3 aromatic carbocycles. The summed E-state index contributed by atoms with van der Waals surface area (Å²) in [6, 6.07) is 24.5. The fourth-order valence-corrected chi connectivity index (χ4v) is 6.49. The Morgan fingerprint density at radius 2 is 1.42 bits per heavy atom. The van der Waals surface area contributed by atoms with Crippen molar-refractivity contribution in [1.82, 2.24) is 20.2 Å². The average Bonchev–Trinajstić information content (AvgIpc) is 3.58. The fourth-order valence-electron chi connectivity index (χ4n) is 6.49. The van der Waals surface area contributed by atoms with Crippen LogP contribution in [0.3, 0.4) is 0 Å². The van der Waals surface area contributed by atoms with E-state index in [1.54, 1.807) is 14.2 Å². The number of nitrogens with zero attached hydrogens (tertiary/aromatic N) is 1. The number of aromatic nitrogens is 2. The molecule has 57 heavy (non-hydrogen) atoms. The van der Waals surface area contributed by atoms with Crippen molar-refractivity contribution in [3.8, 4) is 11.5 Å². The molecule has 0 radical (unpaired) electrons. The molecule has 4 aromatic rings. The van der Waals surface area contributed by atoms with Gasteiger partial charge in [0.15, 0.2) is 0 Å². The minimum Gasteiger partial charge on any atom is -0.497 e. The summed E-state index contributed by atoms with van der Waals surface area (Å²) in [6.07, 6.45) is -2.16. The second kappa shape index (κ2) is 19.4. The highest BCUT2D eigenvalue weighted by atomic mass is 19.4. The Labute approximate surface area is 326 Å². The maximum atomic E-state index is 13.0. The molecule has 3 atom stereocenters. The van der Waals surface area contributed by atoms with Crippen LogP contribution in [-0.2, 0) is 24.7 Å². The van der Waals surface area contributed by atoms with E-state index in [9.17, 15) is 37.5 Å². The lowest BCUT2D eigenvalue weighted by molar-refractivity contribution is -0.173. The second-order valence-corrected chi connectivity index (χ2v) is 13.3. The van der Waals surface area contributed by atoms with Crippen LogP contribution in [0.5, 0.6) is 11.5 Å². The van der Waals surface area contributed by atoms with Gasteiger partial charge >= 0.3 is 17.8 Å². The smallest absolute Gasteiger partial charge is 0.471 e. The molecule has 13 nitrogen and oxygen atoms in total. The predicted octanol–water partition coefficient (Wildman–Crippen LogP) is 4.58. The van der Waals surface area contributed by atoms with Crippen molar-refractivity contribution in [2.75, 3.05) is 33.9 Å². The third kappa shape index (κ3) is 10.8. The topological polar surface area (TPSA) is 170 Å². The van der Waals surface area contributed by atoms with Crippen LogP contribution >= 0.6 is 0 Å². The summed E-state index contributed by atoms with van der Waals surface area (Å²) in [7, 11) is 3.16. The number of H-pyrrole nitrogens is 1. The highest BCUT2D eigenvalue weighted by Gasteiger charge is 2.42. The molecule has 0 bridgehead atoms. The number of nitrogens with one attached hydrogen (secondary N) is 3. The lowest BCUT2D eigenvalue weighted by atomic mass is 9.80. The monoisotopic (exact) mass is 794 g/mol. The summed E-state index contributed by atoms with van der Waals surface area (Å²) >= 11 is 0.